The second kappa shape index (κ2) is 9.22. The van der Waals surface area contributed by atoms with Crippen LogP contribution in [0.5, 0.6) is 0 Å². The van der Waals surface area contributed by atoms with E-state index in [9.17, 15) is 0 Å². The van der Waals surface area contributed by atoms with Gasteiger partial charge in [-0.3, -0.25) is 4.99 Å². The molecule has 3 rings (SSSR count). The molecule has 1 heterocycles. The Bertz CT molecular complexity index is 699. The van der Waals surface area contributed by atoms with Crippen LogP contribution >= 0.6 is 0 Å². The average molecular weight is 332 g/mol. The van der Waals surface area contributed by atoms with Crippen LogP contribution in [0.4, 0.5) is 0 Å². The highest BCUT2D eigenvalue weighted by Crippen LogP contribution is 2.16. The van der Waals surface area contributed by atoms with E-state index in [1.54, 1.807) is 0 Å². The van der Waals surface area contributed by atoms with E-state index >= 15 is 0 Å². The summed E-state index contributed by atoms with van der Waals surface area (Å²) in [7, 11) is 0. The summed E-state index contributed by atoms with van der Waals surface area (Å²) < 4.78 is 0. The highest BCUT2D eigenvalue weighted by atomic mass is 15.0. The van der Waals surface area contributed by atoms with Crippen LogP contribution in [0.3, 0.4) is 0 Å². The van der Waals surface area contributed by atoms with Crippen molar-refractivity contribution in [2.24, 2.45) is 4.99 Å². The number of aliphatic imine (C=N–C) groups is 1. The average Bonchev–Trinajstić information content (AvgIpc) is 2.92. The molecule has 0 aliphatic carbocycles. The minimum Gasteiger partial charge on any atom is -0.367 e. The molecule has 0 fully saturated rings. The third kappa shape index (κ3) is 5.60. The van der Waals surface area contributed by atoms with Gasteiger partial charge in [-0.05, 0) is 42.9 Å². The molecular weight excluding hydrogens is 304 g/mol. The Hall–Kier alpha value is -2.35. The van der Waals surface area contributed by atoms with Crippen LogP contribution in [0.2, 0.25) is 0 Å². The maximum absolute atomic E-state index is 4.67. The number of hydrogen-bond acceptors (Lipinski definition) is 2. The molecule has 1 N–H and O–H groups in total. The van der Waals surface area contributed by atoms with E-state index in [2.05, 4.69) is 84.0 Å². The van der Waals surface area contributed by atoms with Gasteiger partial charge in [-0.2, -0.15) is 0 Å². The molecule has 1 aliphatic rings. The number of hydrogen-bond donors (Lipinski definition) is 1. The summed E-state index contributed by atoms with van der Waals surface area (Å²) >= 11 is 0. The molecule has 130 valence electrons. The molecule has 2 aromatic rings. The fourth-order valence-corrected chi connectivity index (χ4v) is 3.17. The van der Waals surface area contributed by atoms with Crippen LogP contribution in [0.1, 0.15) is 55.3 Å². The summed E-state index contributed by atoms with van der Waals surface area (Å²) in [5, 5.41) is 3.59. The van der Waals surface area contributed by atoms with Gasteiger partial charge >= 0.3 is 0 Å². The molecule has 2 heteroatoms. The normalized spacial score (nSPS) is 16.3. The Labute approximate surface area is 151 Å². The van der Waals surface area contributed by atoms with Gasteiger partial charge in [-0.15, -0.1) is 0 Å². The minimum absolute atomic E-state index is 0.305. The zero-order valence-corrected chi connectivity index (χ0v) is 15.1. The summed E-state index contributed by atoms with van der Waals surface area (Å²) in [6.07, 6.45) is 10.3. The van der Waals surface area contributed by atoms with Crippen LogP contribution in [-0.2, 0) is 6.42 Å². The van der Waals surface area contributed by atoms with Crippen molar-refractivity contribution in [1.29, 1.82) is 0 Å². The van der Waals surface area contributed by atoms with Gasteiger partial charge in [0.1, 0.15) is 0 Å². The van der Waals surface area contributed by atoms with Crippen LogP contribution in [0.25, 0.3) is 6.08 Å². The van der Waals surface area contributed by atoms with Crippen molar-refractivity contribution in [1.82, 2.24) is 5.32 Å². The number of rotatable bonds is 5. The Morgan fingerprint density at radius 3 is 2.60 bits per heavy atom. The van der Waals surface area contributed by atoms with E-state index in [0.717, 1.165) is 19.4 Å². The summed E-state index contributed by atoms with van der Waals surface area (Å²) in [5.41, 5.74) is 3.91. The van der Waals surface area contributed by atoms with Crippen molar-refractivity contribution < 1.29 is 0 Å². The third-order valence-corrected chi connectivity index (χ3v) is 4.70. The number of nitrogens with zero attached hydrogens (tertiary/aromatic N) is 1. The third-order valence-electron chi connectivity index (χ3n) is 4.70. The maximum atomic E-state index is 4.67. The molecule has 0 amide bonds. The van der Waals surface area contributed by atoms with E-state index in [0.29, 0.717) is 6.04 Å². The molecule has 0 saturated heterocycles. The quantitative estimate of drug-likeness (QED) is 0.761. The van der Waals surface area contributed by atoms with Crippen molar-refractivity contribution in [3.8, 4) is 0 Å². The van der Waals surface area contributed by atoms with Crippen molar-refractivity contribution in [3.05, 3.63) is 77.4 Å². The number of benzene rings is 2. The zero-order valence-electron chi connectivity index (χ0n) is 15.1. The SMILES string of the molecule is CC(NC1=NCCCCC1)c1ccc(/C=C/Cc2ccccc2)cc1. The Kier molecular flexibility index (Phi) is 6.44. The largest absolute Gasteiger partial charge is 0.367 e. The van der Waals surface area contributed by atoms with Gasteiger partial charge in [-0.25, -0.2) is 0 Å². The lowest BCUT2D eigenvalue weighted by Crippen LogP contribution is -2.26. The summed E-state index contributed by atoms with van der Waals surface area (Å²) in [6.45, 7) is 3.19. The molecule has 25 heavy (non-hydrogen) atoms. The minimum atomic E-state index is 0.305. The van der Waals surface area contributed by atoms with Crippen molar-refractivity contribution in [3.63, 3.8) is 0 Å². The zero-order chi connectivity index (χ0) is 17.3. The first-order valence-electron chi connectivity index (χ1n) is 9.41. The fraction of sp³-hybridized carbons (Fsp3) is 0.348. The highest BCUT2D eigenvalue weighted by Gasteiger charge is 2.09. The lowest BCUT2D eigenvalue weighted by atomic mass is 10.0. The van der Waals surface area contributed by atoms with E-state index in [1.165, 1.54) is 41.8 Å². The molecule has 0 bridgehead atoms. The summed E-state index contributed by atoms with van der Waals surface area (Å²) in [6, 6.07) is 19.7. The molecular formula is C23H28N2. The molecule has 2 aromatic carbocycles. The van der Waals surface area contributed by atoms with Gasteiger partial charge in [0.05, 0.1) is 5.84 Å². The number of amidine groups is 1. The van der Waals surface area contributed by atoms with Crippen LogP contribution in [-0.4, -0.2) is 12.4 Å². The van der Waals surface area contributed by atoms with Gasteiger partial charge in [0, 0.05) is 19.0 Å². The fourth-order valence-electron chi connectivity index (χ4n) is 3.17. The van der Waals surface area contributed by atoms with Gasteiger partial charge in [0.2, 0.25) is 0 Å². The molecule has 1 aliphatic heterocycles. The summed E-state index contributed by atoms with van der Waals surface area (Å²) in [4.78, 5) is 4.67. The topological polar surface area (TPSA) is 24.4 Å². The molecule has 1 unspecified atom stereocenters. The smallest absolute Gasteiger partial charge is 0.0967 e. The van der Waals surface area contributed by atoms with Crippen molar-refractivity contribution in [2.45, 2.75) is 45.1 Å². The van der Waals surface area contributed by atoms with Gasteiger partial charge in [-0.1, -0.05) is 73.2 Å². The van der Waals surface area contributed by atoms with E-state index in [4.69, 9.17) is 0 Å². The first kappa shape index (κ1) is 17.5. The number of nitrogens with one attached hydrogen (secondary N) is 1. The van der Waals surface area contributed by atoms with Crippen LogP contribution in [0.15, 0.2) is 65.7 Å². The van der Waals surface area contributed by atoms with E-state index < -0.39 is 0 Å². The highest BCUT2D eigenvalue weighted by molar-refractivity contribution is 5.82. The molecule has 0 spiro atoms. The van der Waals surface area contributed by atoms with E-state index in [1.807, 2.05) is 0 Å². The first-order chi connectivity index (χ1) is 12.3. The Morgan fingerprint density at radius 1 is 1.00 bits per heavy atom. The van der Waals surface area contributed by atoms with Crippen molar-refractivity contribution >= 4 is 11.9 Å². The molecule has 0 radical (unpaired) electrons. The van der Waals surface area contributed by atoms with E-state index in [-0.39, 0.29) is 0 Å². The molecule has 0 aromatic heterocycles. The van der Waals surface area contributed by atoms with Gasteiger partial charge < -0.3 is 5.32 Å². The lowest BCUT2D eigenvalue weighted by molar-refractivity contribution is 0.693. The van der Waals surface area contributed by atoms with Crippen LogP contribution < -0.4 is 5.32 Å². The monoisotopic (exact) mass is 332 g/mol. The Balaban J connectivity index is 1.55. The second-order valence-electron chi connectivity index (χ2n) is 6.76. The standard InChI is InChI=1S/C23H28N2/c1-19(25-23-13-6-3-7-18-24-23)22-16-14-21(15-17-22)12-8-11-20-9-4-2-5-10-20/h2,4-5,8-10,12,14-17,19H,3,6-7,11,13,18H2,1H3,(H,24,25)/b12-8+. The predicted molar refractivity (Wildman–Crippen MR) is 108 cm³/mol. The van der Waals surface area contributed by atoms with Gasteiger partial charge in [0.25, 0.3) is 0 Å². The summed E-state index contributed by atoms with van der Waals surface area (Å²) in [5.74, 6) is 1.18. The van der Waals surface area contributed by atoms with Crippen LogP contribution in [0, 0.1) is 0 Å². The molecule has 2 nitrogen and oxygen atoms in total. The maximum Gasteiger partial charge on any atom is 0.0967 e. The van der Waals surface area contributed by atoms with Gasteiger partial charge in [0.15, 0.2) is 0 Å². The number of allylic oxidation sites excluding steroid dienone is 1. The van der Waals surface area contributed by atoms with Crippen molar-refractivity contribution in [2.75, 3.05) is 6.54 Å². The Morgan fingerprint density at radius 2 is 1.80 bits per heavy atom. The molecule has 0 saturated carbocycles. The molecule has 1 atom stereocenters. The first-order valence-corrected chi connectivity index (χ1v) is 9.41. The predicted octanol–water partition coefficient (Wildman–Crippen LogP) is 5.57. The lowest BCUT2D eigenvalue weighted by Gasteiger charge is -2.17. The second-order valence-corrected chi connectivity index (χ2v) is 6.76.